The number of nitriles is 1. The Morgan fingerprint density at radius 2 is 1.84 bits per heavy atom. The van der Waals surface area contributed by atoms with E-state index in [0.717, 1.165) is 11.6 Å². The Morgan fingerprint density at radius 1 is 1.16 bits per heavy atom. The zero-order chi connectivity index (χ0) is 18.4. The third kappa shape index (κ3) is 5.17. The molecule has 2 rings (SSSR count). The van der Waals surface area contributed by atoms with Gasteiger partial charge >= 0.3 is 0 Å². The second-order valence-corrected chi connectivity index (χ2v) is 6.56. The highest BCUT2D eigenvalue weighted by molar-refractivity contribution is 7.85. The summed E-state index contributed by atoms with van der Waals surface area (Å²) in [6.45, 7) is 1.91. The summed E-state index contributed by atoms with van der Waals surface area (Å²) in [4.78, 5) is 11.8. The van der Waals surface area contributed by atoms with E-state index in [2.05, 4.69) is 10.6 Å². The summed E-state index contributed by atoms with van der Waals surface area (Å²) >= 11 is 0. The van der Waals surface area contributed by atoms with Crippen molar-refractivity contribution in [1.29, 1.82) is 5.26 Å². The molecule has 0 radical (unpaired) electrons. The Labute approximate surface area is 145 Å². The first-order valence-corrected chi connectivity index (χ1v) is 8.56. The normalized spacial score (nSPS) is 11.5. The fraction of sp³-hybridized carbons (Fsp3) is 0.0588. The largest absolute Gasteiger partial charge is 0.360 e. The van der Waals surface area contributed by atoms with Gasteiger partial charge in [0.15, 0.2) is 0 Å². The minimum atomic E-state index is -4.38. The van der Waals surface area contributed by atoms with E-state index in [0.29, 0.717) is 5.69 Å². The molecule has 0 bridgehead atoms. The molecule has 0 spiro atoms. The van der Waals surface area contributed by atoms with Gasteiger partial charge < -0.3 is 10.6 Å². The number of amides is 1. The topological polar surface area (TPSA) is 119 Å². The van der Waals surface area contributed by atoms with Crippen LogP contribution in [-0.2, 0) is 14.9 Å². The highest BCUT2D eigenvalue weighted by atomic mass is 32.2. The smallest absolute Gasteiger partial charge is 0.294 e. The van der Waals surface area contributed by atoms with Crippen LogP contribution in [0.4, 0.5) is 11.4 Å². The second-order valence-electron chi connectivity index (χ2n) is 5.14. The van der Waals surface area contributed by atoms with Crippen LogP contribution in [0.25, 0.3) is 0 Å². The van der Waals surface area contributed by atoms with Crippen LogP contribution in [0.5, 0.6) is 0 Å². The first kappa shape index (κ1) is 18.2. The number of anilines is 2. The molecule has 0 heterocycles. The molecule has 0 unspecified atom stereocenters. The molecule has 1 amide bonds. The molecule has 0 fully saturated rings. The van der Waals surface area contributed by atoms with Crippen molar-refractivity contribution in [2.45, 2.75) is 11.8 Å². The van der Waals surface area contributed by atoms with Gasteiger partial charge in [0.25, 0.3) is 16.0 Å². The molecule has 0 saturated carbocycles. The average molecular weight is 357 g/mol. The third-order valence-corrected chi connectivity index (χ3v) is 4.01. The number of nitrogens with zero attached hydrogens (tertiary/aromatic N) is 1. The molecule has 0 aliphatic rings. The fourth-order valence-electron chi connectivity index (χ4n) is 1.97. The summed E-state index contributed by atoms with van der Waals surface area (Å²) in [6, 6.07) is 14.2. The number of carbonyl (C=O) groups is 1. The number of benzene rings is 2. The maximum Gasteiger partial charge on any atom is 0.294 e. The van der Waals surface area contributed by atoms with Gasteiger partial charge in [-0.25, -0.2) is 0 Å². The van der Waals surface area contributed by atoms with Crippen LogP contribution in [0.15, 0.2) is 65.2 Å². The molecular weight excluding hydrogens is 342 g/mol. The number of nitrogens with one attached hydrogen (secondary N) is 2. The maximum absolute atomic E-state index is 12.1. The quantitative estimate of drug-likeness (QED) is 0.430. The third-order valence-electron chi connectivity index (χ3n) is 3.16. The van der Waals surface area contributed by atoms with E-state index in [1.165, 1.54) is 24.4 Å². The van der Waals surface area contributed by atoms with Crippen LogP contribution in [-0.4, -0.2) is 18.9 Å². The predicted octanol–water partition coefficient (Wildman–Crippen LogP) is 2.70. The molecule has 7 nitrogen and oxygen atoms in total. The molecule has 2 aromatic rings. The maximum atomic E-state index is 12.1. The lowest BCUT2D eigenvalue weighted by Gasteiger charge is -2.06. The zero-order valence-corrected chi connectivity index (χ0v) is 14.0. The van der Waals surface area contributed by atoms with Gasteiger partial charge in [-0.2, -0.15) is 13.7 Å². The Balaban J connectivity index is 2.15. The molecule has 3 N–H and O–H groups in total. The van der Waals surface area contributed by atoms with Gasteiger partial charge in [-0.05, 0) is 42.8 Å². The van der Waals surface area contributed by atoms with Gasteiger partial charge in [0.2, 0.25) is 0 Å². The average Bonchev–Trinajstić information content (AvgIpc) is 2.55. The summed E-state index contributed by atoms with van der Waals surface area (Å²) in [5.74, 6) is -0.713. The van der Waals surface area contributed by atoms with E-state index in [1.807, 2.05) is 25.1 Å². The lowest BCUT2D eigenvalue weighted by molar-refractivity contribution is -0.112. The van der Waals surface area contributed by atoms with Crippen molar-refractivity contribution >= 4 is 27.4 Å². The predicted molar refractivity (Wildman–Crippen MR) is 93.4 cm³/mol. The Kier molecular flexibility index (Phi) is 5.54. The SMILES string of the molecule is Cc1cccc(N/C=C(/C#N)C(=O)Nc2cccc(S(=O)(=O)O)c2)c1. The standard InChI is InChI=1S/C17H15N3O4S/c1-12-4-2-5-14(8-12)19-11-13(10-18)17(21)20-15-6-3-7-16(9-15)25(22,23)24/h2-9,11,19H,1H3,(H,20,21)(H,22,23,24)/b13-11-. The van der Waals surface area contributed by atoms with Crippen molar-refractivity contribution in [2.24, 2.45) is 0 Å². The van der Waals surface area contributed by atoms with Crippen molar-refractivity contribution in [3.05, 3.63) is 65.9 Å². The van der Waals surface area contributed by atoms with Crippen LogP contribution >= 0.6 is 0 Å². The molecule has 0 saturated heterocycles. The Hall–Kier alpha value is -3.15. The Bertz CT molecular complexity index is 975. The summed E-state index contributed by atoms with van der Waals surface area (Å²) < 4.78 is 31.3. The van der Waals surface area contributed by atoms with Gasteiger partial charge in [0.1, 0.15) is 11.6 Å². The fourth-order valence-corrected chi connectivity index (χ4v) is 2.50. The number of hydrogen-bond donors (Lipinski definition) is 3. The van der Waals surface area contributed by atoms with Gasteiger partial charge in [-0.15, -0.1) is 0 Å². The first-order valence-electron chi connectivity index (χ1n) is 7.12. The summed E-state index contributed by atoms with van der Waals surface area (Å²) in [6.07, 6.45) is 1.26. The number of aryl methyl sites for hydroxylation is 1. The highest BCUT2D eigenvalue weighted by Crippen LogP contribution is 2.16. The van der Waals surface area contributed by atoms with Gasteiger partial charge in [-0.3, -0.25) is 9.35 Å². The van der Waals surface area contributed by atoms with Crippen molar-refractivity contribution in [2.75, 3.05) is 10.6 Å². The van der Waals surface area contributed by atoms with Crippen molar-refractivity contribution in [3.8, 4) is 6.07 Å². The van der Waals surface area contributed by atoms with E-state index < -0.39 is 16.0 Å². The lowest BCUT2D eigenvalue weighted by atomic mass is 10.2. The van der Waals surface area contributed by atoms with Crippen molar-refractivity contribution in [3.63, 3.8) is 0 Å². The highest BCUT2D eigenvalue weighted by Gasteiger charge is 2.13. The van der Waals surface area contributed by atoms with E-state index in [1.54, 1.807) is 12.1 Å². The first-order chi connectivity index (χ1) is 11.8. The second kappa shape index (κ2) is 7.61. The van der Waals surface area contributed by atoms with Gasteiger partial charge in [0, 0.05) is 17.6 Å². The molecule has 2 aromatic carbocycles. The lowest BCUT2D eigenvalue weighted by Crippen LogP contribution is -2.15. The number of carbonyl (C=O) groups excluding carboxylic acids is 1. The summed E-state index contributed by atoms with van der Waals surface area (Å²) in [5.41, 5.74) is 1.67. The molecule has 0 aliphatic carbocycles. The van der Waals surface area contributed by atoms with E-state index >= 15 is 0 Å². The number of rotatable bonds is 5. The zero-order valence-electron chi connectivity index (χ0n) is 13.2. The minimum Gasteiger partial charge on any atom is -0.360 e. The van der Waals surface area contributed by atoms with Crippen molar-refractivity contribution < 1.29 is 17.8 Å². The van der Waals surface area contributed by atoms with Crippen LogP contribution in [0.1, 0.15) is 5.56 Å². The van der Waals surface area contributed by atoms with Gasteiger partial charge in [-0.1, -0.05) is 18.2 Å². The van der Waals surface area contributed by atoms with Crippen LogP contribution in [0.3, 0.4) is 0 Å². The van der Waals surface area contributed by atoms with E-state index in [-0.39, 0.29) is 16.2 Å². The molecule has 8 heteroatoms. The monoisotopic (exact) mass is 357 g/mol. The molecule has 128 valence electrons. The summed E-state index contributed by atoms with van der Waals surface area (Å²) in [5, 5.41) is 14.4. The number of hydrogen-bond acceptors (Lipinski definition) is 5. The molecule has 0 atom stereocenters. The van der Waals surface area contributed by atoms with Crippen LogP contribution in [0, 0.1) is 18.3 Å². The molecular formula is C17H15N3O4S. The summed E-state index contributed by atoms with van der Waals surface area (Å²) in [7, 11) is -4.38. The minimum absolute atomic E-state index is 0.136. The van der Waals surface area contributed by atoms with Crippen LogP contribution in [0.2, 0.25) is 0 Å². The van der Waals surface area contributed by atoms with Crippen molar-refractivity contribution in [1.82, 2.24) is 0 Å². The molecule has 0 aliphatic heterocycles. The molecule has 25 heavy (non-hydrogen) atoms. The van der Waals surface area contributed by atoms with Crippen LogP contribution < -0.4 is 10.6 Å². The van der Waals surface area contributed by atoms with Gasteiger partial charge in [0.05, 0.1) is 4.90 Å². The molecule has 0 aromatic heterocycles. The van der Waals surface area contributed by atoms with E-state index in [4.69, 9.17) is 9.81 Å². The van der Waals surface area contributed by atoms with E-state index in [9.17, 15) is 13.2 Å². The Morgan fingerprint density at radius 3 is 2.48 bits per heavy atom.